The van der Waals surface area contributed by atoms with E-state index in [9.17, 15) is 9.18 Å². The Labute approximate surface area is 128 Å². The summed E-state index contributed by atoms with van der Waals surface area (Å²) in [6.45, 7) is 6.49. The lowest BCUT2D eigenvalue weighted by Gasteiger charge is -2.15. The zero-order valence-corrected chi connectivity index (χ0v) is 13.5. The van der Waals surface area contributed by atoms with E-state index in [1.165, 1.54) is 10.9 Å². The Bertz CT molecular complexity index is 633. The van der Waals surface area contributed by atoms with E-state index in [4.69, 9.17) is 0 Å². The van der Waals surface area contributed by atoms with Gasteiger partial charge in [-0.2, -0.15) is 4.39 Å². The van der Waals surface area contributed by atoms with E-state index in [1.807, 2.05) is 11.4 Å². The topological polar surface area (TPSA) is 46.9 Å². The minimum atomic E-state index is -0.748. The number of thiophene rings is 1. The average Bonchev–Trinajstić information content (AvgIpc) is 2.95. The van der Waals surface area contributed by atoms with E-state index in [0.717, 1.165) is 17.0 Å². The van der Waals surface area contributed by atoms with Gasteiger partial charge in [-0.05, 0) is 29.7 Å². The molecular formula is C15H20FN3OS. The molecule has 0 aromatic carbocycles. The molecule has 114 valence electrons. The molecule has 1 N–H and O–H groups in total. The van der Waals surface area contributed by atoms with E-state index in [1.54, 1.807) is 18.4 Å². The fourth-order valence-electron chi connectivity index (χ4n) is 2.42. The number of carbonyl (C=O) groups excluding carboxylic acids is 1. The summed E-state index contributed by atoms with van der Waals surface area (Å²) in [6, 6.07) is 1.86. The molecule has 0 bridgehead atoms. The van der Waals surface area contributed by atoms with Crippen molar-refractivity contribution in [2.45, 2.75) is 33.1 Å². The van der Waals surface area contributed by atoms with Crippen LogP contribution in [0.4, 0.5) is 10.1 Å². The molecule has 1 atom stereocenters. The molecule has 2 rings (SSSR count). The van der Waals surface area contributed by atoms with Crippen LogP contribution in [0.15, 0.2) is 17.6 Å². The third-order valence-electron chi connectivity index (χ3n) is 3.24. The predicted octanol–water partition coefficient (Wildman–Crippen LogP) is 4.02. The van der Waals surface area contributed by atoms with Crippen LogP contribution in [0.3, 0.4) is 0 Å². The molecule has 0 saturated heterocycles. The summed E-state index contributed by atoms with van der Waals surface area (Å²) in [7, 11) is 1.58. The zero-order valence-electron chi connectivity index (χ0n) is 12.7. The Morgan fingerprint density at radius 2 is 2.19 bits per heavy atom. The first-order valence-corrected chi connectivity index (χ1v) is 7.84. The second-order valence-corrected chi connectivity index (χ2v) is 6.64. The number of hydrogen-bond donors (Lipinski definition) is 1. The molecule has 0 spiro atoms. The smallest absolute Gasteiger partial charge is 0.261 e. The number of anilines is 1. The van der Waals surface area contributed by atoms with Gasteiger partial charge in [-0.15, -0.1) is 16.4 Å². The fourth-order valence-corrected chi connectivity index (χ4v) is 3.35. The molecule has 0 aliphatic rings. The first kappa shape index (κ1) is 15.7. The van der Waals surface area contributed by atoms with Crippen LogP contribution >= 0.6 is 11.3 Å². The highest BCUT2D eigenvalue weighted by Crippen LogP contribution is 2.34. The van der Waals surface area contributed by atoms with Crippen molar-refractivity contribution in [1.29, 1.82) is 0 Å². The second-order valence-electron chi connectivity index (χ2n) is 5.69. The maximum atomic E-state index is 13.5. The third kappa shape index (κ3) is 3.69. The summed E-state index contributed by atoms with van der Waals surface area (Å²) in [5.41, 5.74) is 0.729. The number of amides is 1. The highest BCUT2D eigenvalue weighted by atomic mass is 32.1. The van der Waals surface area contributed by atoms with Gasteiger partial charge < -0.3 is 5.32 Å². The van der Waals surface area contributed by atoms with Crippen LogP contribution in [0.25, 0.3) is 0 Å². The van der Waals surface area contributed by atoms with Crippen molar-refractivity contribution < 1.29 is 9.18 Å². The van der Waals surface area contributed by atoms with Crippen LogP contribution in [0.1, 0.15) is 48.3 Å². The number of rotatable bonds is 5. The van der Waals surface area contributed by atoms with E-state index in [-0.39, 0.29) is 5.56 Å². The van der Waals surface area contributed by atoms with E-state index >= 15 is 0 Å². The molecule has 0 radical (unpaired) electrons. The number of hydrogen-bond acceptors (Lipinski definition) is 3. The van der Waals surface area contributed by atoms with Crippen molar-refractivity contribution in [3.63, 3.8) is 0 Å². The van der Waals surface area contributed by atoms with Crippen molar-refractivity contribution in [2.75, 3.05) is 5.32 Å². The lowest BCUT2D eigenvalue weighted by Crippen LogP contribution is -2.14. The van der Waals surface area contributed by atoms with Gasteiger partial charge in [0.25, 0.3) is 5.91 Å². The van der Waals surface area contributed by atoms with Crippen molar-refractivity contribution >= 4 is 22.9 Å². The summed E-state index contributed by atoms with van der Waals surface area (Å²) in [6.07, 6.45) is 2.43. The molecule has 0 aliphatic heterocycles. The largest absolute Gasteiger partial charge is 0.321 e. The minimum absolute atomic E-state index is 0.0360. The summed E-state index contributed by atoms with van der Waals surface area (Å²) >= 11 is 1.62. The van der Waals surface area contributed by atoms with Crippen LogP contribution in [-0.2, 0) is 7.05 Å². The summed E-state index contributed by atoms with van der Waals surface area (Å²) in [5.74, 6) is -0.264. The van der Waals surface area contributed by atoms with E-state index in [0.29, 0.717) is 11.8 Å². The van der Waals surface area contributed by atoms with Crippen molar-refractivity contribution in [1.82, 2.24) is 9.78 Å². The van der Waals surface area contributed by atoms with Gasteiger partial charge >= 0.3 is 0 Å². The van der Waals surface area contributed by atoms with Gasteiger partial charge in [-0.25, -0.2) is 0 Å². The molecule has 2 heterocycles. The number of aromatic nitrogens is 2. The van der Waals surface area contributed by atoms with Crippen LogP contribution < -0.4 is 5.32 Å². The lowest BCUT2D eigenvalue weighted by atomic mass is 9.97. The van der Waals surface area contributed by atoms with Gasteiger partial charge in [-0.1, -0.05) is 20.8 Å². The van der Waals surface area contributed by atoms with Crippen molar-refractivity contribution in [2.24, 2.45) is 13.0 Å². The molecule has 0 aliphatic carbocycles. The molecule has 0 fully saturated rings. The Morgan fingerprint density at radius 3 is 2.76 bits per heavy atom. The Hall–Kier alpha value is -1.69. The Balaban J connectivity index is 2.15. The fraction of sp³-hybridized carbons (Fsp3) is 0.467. The first-order valence-electron chi connectivity index (χ1n) is 6.96. The first-order chi connectivity index (χ1) is 9.88. The van der Waals surface area contributed by atoms with Crippen LogP contribution in [0.5, 0.6) is 0 Å². The molecule has 21 heavy (non-hydrogen) atoms. The molecule has 1 amide bonds. The standard InChI is InChI=1S/C15H20FN3OS/c1-9(2)7-10(3)13-12(5-6-21-13)17-15(20)11-8-19(4)18-14(11)16/h5-6,8-10H,7H2,1-4H3,(H,17,20). The van der Waals surface area contributed by atoms with Gasteiger partial charge in [0.15, 0.2) is 0 Å². The minimum Gasteiger partial charge on any atom is -0.321 e. The van der Waals surface area contributed by atoms with Crippen molar-refractivity contribution in [3.8, 4) is 0 Å². The Morgan fingerprint density at radius 1 is 1.48 bits per heavy atom. The Kier molecular flexibility index (Phi) is 4.77. The maximum Gasteiger partial charge on any atom is 0.261 e. The number of nitrogens with one attached hydrogen (secondary N) is 1. The quantitative estimate of drug-likeness (QED) is 0.906. The number of carbonyl (C=O) groups is 1. The molecule has 2 aromatic rings. The van der Waals surface area contributed by atoms with E-state index < -0.39 is 11.9 Å². The number of halogens is 1. The average molecular weight is 309 g/mol. The van der Waals surface area contributed by atoms with Gasteiger partial charge in [-0.3, -0.25) is 9.48 Å². The third-order valence-corrected chi connectivity index (χ3v) is 4.39. The SMILES string of the molecule is CC(C)CC(C)c1sccc1NC(=O)c1cn(C)nc1F. The molecule has 6 heteroatoms. The maximum absolute atomic E-state index is 13.5. The zero-order chi connectivity index (χ0) is 15.6. The van der Waals surface area contributed by atoms with Gasteiger partial charge in [0.05, 0.1) is 5.69 Å². The number of nitrogens with zero attached hydrogens (tertiary/aromatic N) is 2. The lowest BCUT2D eigenvalue weighted by molar-refractivity contribution is 0.102. The molecular weight excluding hydrogens is 289 g/mol. The van der Waals surface area contributed by atoms with Crippen LogP contribution in [0.2, 0.25) is 0 Å². The molecule has 1 unspecified atom stereocenters. The normalized spacial score (nSPS) is 12.7. The predicted molar refractivity (Wildman–Crippen MR) is 83.3 cm³/mol. The molecule has 4 nitrogen and oxygen atoms in total. The summed E-state index contributed by atoms with van der Waals surface area (Å²) in [4.78, 5) is 13.3. The molecule has 2 aromatic heterocycles. The van der Waals surface area contributed by atoms with Gasteiger partial charge in [0, 0.05) is 18.1 Å². The highest BCUT2D eigenvalue weighted by molar-refractivity contribution is 7.10. The number of aryl methyl sites for hydroxylation is 1. The molecule has 0 saturated carbocycles. The van der Waals surface area contributed by atoms with E-state index in [2.05, 4.69) is 31.2 Å². The van der Waals surface area contributed by atoms with Crippen molar-refractivity contribution in [3.05, 3.63) is 34.0 Å². The summed E-state index contributed by atoms with van der Waals surface area (Å²) in [5, 5.41) is 8.29. The van der Waals surface area contributed by atoms with Gasteiger partial charge in [0.2, 0.25) is 5.95 Å². The second kappa shape index (κ2) is 6.39. The monoisotopic (exact) mass is 309 g/mol. The van der Waals surface area contributed by atoms with Crippen LogP contribution in [0, 0.1) is 11.9 Å². The summed E-state index contributed by atoms with van der Waals surface area (Å²) < 4.78 is 14.8. The van der Waals surface area contributed by atoms with Crippen LogP contribution in [-0.4, -0.2) is 15.7 Å². The highest BCUT2D eigenvalue weighted by Gasteiger charge is 2.19. The van der Waals surface area contributed by atoms with Gasteiger partial charge in [0.1, 0.15) is 5.56 Å².